The number of fused-ring (bicyclic) bond motifs is 2. The minimum atomic E-state index is -0.0669. The molecule has 2 aromatic carbocycles. The lowest BCUT2D eigenvalue weighted by atomic mass is 10.0. The molecule has 2 heterocycles. The molecule has 0 spiro atoms. The maximum atomic E-state index is 11.5. The van der Waals surface area contributed by atoms with E-state index in [9.17, 15) is 4.79 Å². The van der Waals surface area contributed by atoms with Gasteiger partial charge in [0.2, 0.25) is 5.56 Å². The van der Waals surface area contributed by atoms with Gasteiger partial charge in [0.1, 0.15) is 11.0 Å². The number of hydrogen-bond donors (Lipinski definition) is 1. The van der Waals surface area contributed by atoms with E-state index in [0.717, 1.165) is 38.6 Å². The summed E-state index contributed by atoms with van der Waals surface area (Å²) in [5, 5.41) is 1.06. The minimum absolute atomic E-state index is 0.0669. The highest BCUT2D eigenvalue weighted by Crippen LogP contribution is 2.27. The molecule has 0 amide bonds. The molecule has 4 nitrogen and oxygen atoms in total. The fraction of sp³-hybridized carbons (Fsp3) is 0.0625. The predicted octanol–water partition coefficient (Wildman–Crippen LogP) is 3.51. The molecular formula is C16H11N3OS. The molecule has 102 valence electrons. The molecule has 21 heavy (non-hydrogen) atoms. The number of nitrogens with one attached hydrogen (secondary N) is 1. The van der Waals surface area contributed by atoms with E-state index in [1.165, 1.54) is 11.7 Å². The number of H-pyrrole nitrogens is 1. The predicted molar refractivity (Wildman–Crippen MR) is 85.7 cm³/mol. The van der Waals surface area contributed by atoms with Crippen molar-refractivity contribution in [2.24, 2.45) is 0 Å². The number of aromatic amines is 1. The lowest BCUT2D eigenvalue weighted by Crippen LogP contribution is -2.04. The van der Waals surface area contributed by atoms with Crippen LogP contribution in [0.2, 0.25) is 0 Å². The standard InChI is InChI=1S/C16H11N3OS/c1-9-6-16(20)17-13-4-2-10(7-12(9)13)11-3-5-14-15(8-11)19-21-18-14/h2-8H,1H3,(H,17,20). The summed E-state index contributed by atoms with van der Waals surface area (Å²) in [5.41, 5.74) is 5.81. The summed E-state index contributed by atoms with van der Waals surface area (Å²) < 4.78 is 8.50. The van der Waals surface area contributed by atoms with E-state index < -0.39 is 0 Å². The molecule has 4 aromatic rings. The van der Waals surface area contributed by atoms with Gasteiger partial charge >= 0.3 is 0 Å². The summed E-state index contributed by atoms with van der Waals surface area (Å²) in [4.78, 5) is 14.4. The molecule has 0 aliphatic carbocycles. The lowest BCUT2D eigenvalue weighted by Gasteiger charge is -2.06. The third-order valence-electron chi connectivity index (χ3n) is 3.64. The lowest BCUT2D eigenvalue weighted by molar-refractivity contribution is 1.28. The van der Waals surface area contributed by atoms with Crippen molar-refractivity contribution < 1.29 is 0 Å². The molecule has 5 heteroatoms. The van der Waals surface area contributed by atoms with Crippen LogP contribution in [0.4, 0.5) is 0 Å². The van der Waals surface area contributed by atoms with Gasteiger partial charge in [0.25, 0.3) is 0 Å². The fourth-order valence-electron chi connectivity index (χ4n) is 2.56. The van der Waals surface area contributed by atoms with Gasteiger partial charge in [-0.3, -0.25) is 4.79 Å². The first-order valence-electron chi connectivity index (χ1n) is 6.57. The normalized spacial score (nSPS) is 11.3. The number of aromatic nitrogens is 3. The Labute approximate surface area is 124 Å². The second kappa shape index (κ2) is 4.49. The third-order valence-corrected chi connectivity index (χ3v) is 4.19. The molecule has 0 unspecified atom stereocenters. The first-order chi connectivity index (χ1) is 10.2. The van der Waals surface area contributed by atoms with Crippen LogP contribution in [0.5, 0.6) is 0 Å². The summed E-state index contributed by atoms with van der Waals surface area (Å²) >= 11 is 1.22. The van der Waals surface area contributed by atoms with Crippen molar-refractivity contribution in [3.8, 4) is 11.1 Å². The third kappa shape index (κ3) is 2.02. The zero-order valence-corrected chi connectivity index (χ0v) is 12.1. The van der Waals surface area contributed by atoms with Gasteiger partial charge in [-0.25, -0.2) is 0 Å². The molecule has 0 saturated heterocycles. The van der Waals surface area contributed by atoms with Crippen LogP contribution in [0.25, 0.3) is 33.1 Å². The van der Waals surface area contributed by atoms with Gasteiger partial charge in [0.15, 0.2) is 0 Å². The van der Waals surface area contributed by atoms with Crippen molar-refractivity contribution in [1.29, 1.82) is 0 Å². The topological polar surface area (TPSA) is 58.6 Å². The number of rotatable bonds is 1. The molecule has 0 radical (unpaired) electrons. The largest absolute Gasteiger partial charge is 0.322 e. The van der Waals surface area contributed by atoms with Crippen molar-refractivity contribution in [3.05, 3.63) is 58.4 Å². The zero-order chi connectivity index (χ0) is 14.4. The van der Waals surface area contributed by atoms with Gasteiger partial charge in [-0.2, -0.15) is 8.75 Å². The first kappa shape index (κ1) is 12.2. The van der Waals surface area contributed by atoms with Crippen molar-refractivity contribution >= 4 is 33.7 Å². The Bertz CT molecular complexity index is 1030. The average Bonchev–Trinajstić information content (AvgIpc) is 2.94. The summed E-state index contributed by atoms with van der Waals surface area (Å²) in [6.45, 7) is 1.95. The van der Waals surface area contributed by atoms with Gasteiger partial charge in [0, 0.05) is 17.0 Å². The van der Waals surface area contributed by atoms with Crippen molar-refractivity contribution in [2.75, 3.05) is 0 Å². The van der Waals surface area contributed by atoms with Crippen molar-refractivity contribution in [3.63, 3.8) is 0 Å². The second-order valence-electron chi connectivity index (χ2n) is 5.04. The fourth-order valence-corrected chi connectivity index (χ4v) is 3.08. The molecule has 0 atom stereocenters. The Balaban J connectivity index is 1.95. The van der Waals surface area contributed by atoms with E-state index in [2.05, 4.69) is 19.8 Å². The molecule has 0 saturated carbocycles. The van der Waals surface area contributed by atoms with E-state index in [1.54, 1.807) is 6.07 Å². The Morgan fingerprint density at radius 3 is 2.62 bits per heavy atom. The number of nitrogens with zero attached hydrogens (tertiary/aromatic N) is 2. The molecule has 0 aliphatic rings. The van der Waals surface area contributed by atoms with E-state index in [-0.39, 0.29) is 5.56 Å². The van der Waals surface area contributed by atoms with Gasteiger partial charge in [0.05, 0.1) is 11.7 Å². The monoisotopic (exact) mass is 293 g/mol. The number of pyridine rings is 1. The van der Waals surface area contributed by atoms with Crippen LogP contribution in [-0.2, 0) is 0 Å². The van der Waals surface area contributed by atoms with Crippen LogP contribution in [0.3, 0.4) is 0 Å². The quantitative estimate of drug-likeness (QED) is 0.584. The van der Waals surface area contributed by atoms with E-state index in [0.29, 0.717) is 0 Å². The van der Waals surface area contributed by atoms with Crippen LogP contribution in [0, 0.1) is 6.92 Å². The zero-order valence-electron chi connectivity index (χ0n) is 11.3. The summed E-state index contributed by atoms with van der Waals surface area (Å²) in [6.07, 6.45) is 0. The molecular weight excluding hydrogens is 282 g/mol. The molecule has 0 fully saturated rings. The Morgan fingerprint density at radius 2 is 1.71 bits per heavy atom. The van der Waals surface area contributed by atoms with Gasteiger partial charge in [-0.15, -0.1) is 0 Å². The Kier molecular flexibility index (Phi) is 2.62. The van der Waals surface area contributed by atoms with E-state index >= 15 is 0 Å². The highest BCUT2D eigenvalue weighted by molar-refractivity contribution is 7.00. The summed E-state index contributed by atoms with van der Waals surface area (Å²) in [7, 11) is 0. The van der Waals surface area contributed by atoms with Crippen LogP contribution >= 0.6 is 11.7 Å². The summed E-state index contributed by atoms with van der Waals surface area (Å²) in [6, 6.07) is 13.8. The van der Waals surface area contributed by atoms with E-state index in [1.807, 2.05) is 37.3 Å². The highest BCUT2D eigenvalue weighted by Gasteiger charge is 2.05. The maximum Gasteiger partial charge on any atom is 0.248 e. The number of benzene rings is 2. The Hall–Kier alpha value is -2.53. The molecule has 0 aliphatic heterocycles. The first-order valence-corrected chi connectivity index (χ1v) is 7.30. The van der Waals surface area contributed by atoms with Crippen LogP contribution in [0.1, 0.15) is 5.56 Å². The molecule has 0 bridgehead atoms. The minimum Gasteiger partial charge on any atom is -0.322 e. The average molecular weight is 293 g/mol. The maximum absolute atomic E-state index is 11.5. The van der Waals surface area contributed by atoms with Crippen LogP contribution < -0.4 is 5.56 Å². The van der Waals surface area contributed by atoms with Gasteiger partial charge in [-0.05, 0) is 47.9 Å². The van der Waals surface area contributed by atoms with Crippen molar-refractivity contribution in [1.82, 2.24) is 13.7 Å². The Morgan fingerprint density at radius 1 is 0.952 bits per heavy atom. The number of aryl methyl sites for hydroxylation is 1. The summed E-state index contributed by atoms with van der Waals surface area (Å²) in [5.74, 6) is 0. The second-order valence-corrected chi connectivity index (χ2v) is 5.57. The van der Waals surface area contributed by atoms with Crippen LogP contribution in [-0.4, -0.2) is 13.7 Å². The highest BCUT2D eigenvalue weighted by atomic mass is 32.1. The van der Waals surface area contributed by atoms with Gasteiger partial charge in [-0.1, -0.05) is 12.1 Å². The van der Waals surface area contributed by atoms with Crippen molar-refractivity contribution in [2.45, 2.75) is 6.92 Å². The molecule has 4 rings (SSSR count). The smallest absolute Gasteiger partial charge is 0.248 e. The number of hydrogen-bond acceptors (Lipinski definition) is 4. The SMILES string of the molecule is Cc1cc(=O)[nH]c2ccc(-c3ccc4nsnc4c3)cc12. The van der Waals surface area contributed by atoms with Crippen LogP contribution in [0.15, 0.2) is 47.3 Å². The molecule has 1 N–H and O–H groups in total. The van der Waals surface area contributed by atoms with Gasteiger partial charge < -0.3 is 4.98 Å². The van der Waals surface area contributed by atoms with E-state index in [4.69, 9.17) is 0 Å². The molecule has 2 aromatic heterocycles.